The highest BCUT2D eigenvalue weighted by atomic mass is 16.2. The maximum absolute atomic E-state index is 12.7. The van der Waals surface area contributed by atoms with Crippen LogP contribution in [0.3, 0.4) is 0 Å². The van der Waals surface area contributed by atoms with Crippen molar-refractivity contribution in [2.75, 3.05) is 11.9 Å². The molecule has 1 saturated carbocycles. The van der Waals surface area contributed by atoms with Crippen molar-refractivity contribution in [2.24, 2.45) is 5.41 Å². The first-order chi connectivity index (χ1) is 9.63. The molecule has 3 nitrogen and oxygen atoms in total. The predicted molar refractivity (Wildman–Crippen MR) is 80.4 cm³/mol. The molecular weight excluding hydrogens is 248 g/mol. The van der Waals surface area contributed by atoms with Crippen LogP contribution in [-0.2, 0) is 11.2 Å². The fraction of sp³-hybridized carbons (Fsp3) is 0.529. The van der Waals surface area contributed by atoms with Crippen molar-refractivity contribution in [3.63, 3.8) is 0 Å². The number of carbonyl (C=O) groups is 1. The van der Waals surface area contributed by atoms with E-state index < -0.39 is 5.41 Å². The van der Waals surface area contributed by atoms with Crippen LogP contribution in [0.1, 0.15) is 44.6 Å². The molecule has 20 heavy (non-hydrogen) atoms. The van der Waals surface area contributed by atoms with E-state index in [1.807, 2.05) is 24.3 Å². The minimum Gasteiger partial charge on any atom is -0.314 e. The van der Waals surface area contributed by atoms with E-state index in [0.717, 1.165) is 31.4 Å². The molecule has 0 radical (unpaired) electrons. The van der Waals surface area contributed by atoms with Crippen LogP contribution >= 0.6 is 0 Å². The number of carbonyl (C=O) groups excluding carboxylic acids is 1. The van der Waals surface area contributed by atoms with Crippen molar-refractivity contribution in [3.8, 4) is 6.07 Å². The Hall–Kier alpha value is -1.82. The quantitative estimate of drug-likeness (QED) is 0.840. The normalized spacial score (nSPS) is 17.2. The van der Waals surface area contributed by atoms with E-state index in [-0.39, 0.29) is 5.91 Å². The minimum absolute atomic E-state index is 0.0519. The molecule has 1 aliphatic carbocycles. The lowest BCUT2D eigenvalue weighted by atomic mass is 9.74. The highest BCUT2D eigenvalue weighted by molar-refractivity contribution is 5.99. The Morgan fingerprint density at radius 2 is 1.85 bits per heavy atom. The second kappa shape index (κ2) is 6.09. The highest BCUT2D eigenvalue weighted by Gasteiger charge is 2.41. The number of hydrogen-bond acceptors (Lipinski definition) is 2. The molecule has 2 rings (SSSR count). The molecule has 1 aromatic rings. The molecule has 0 unspecified atom stereocenters. The zero-order chi connectivity index (χ0) is 14.6. The van der Waals surface area contributed by atoms with Crippen LogP contribution in [-0.4, -0.2) is 13.0 Å². The molecule has 1 aromatic carbocycles. The molecule has 0 spiro atoms. The molecule has 0 aromatic heterocycles. The molecule has 0 atom stereocenters. The lowest BCUT2D eigenvalue weighted by molar-refractivity contribution is -0.126. The van der Waals surface area contributed by atoms with Gasteiger partial charge in [-0.15, -0.1) is 0 Å². The van der Waals surface area contributed by atoms with Crippen molar-refractivity contribution in [1.82, 2.24) is 0 Å². The predicted octanol–water partition coefficient (Wildman–Crippen LogP) is 3.69. The molecule has 1 fully saturated rings. The number of rotatable bonds is 3. The van der Waals surface area contributed by atoms with Crippen molar-refractivity contribution in [3.05, 3.63) is 29.8 Å². The number of nitriles is 1. The van der Waals surface area contributed by atoms with Gasteiger partial charge in [-0.2, -0.15) is 5.26 Å². The number of anilines is 1. The topological polar surface area (TPSA) is 44.1 Å². The van der Waals surface area contributed by atoms with Gasteiger partial charge in [0.1, 0.15) is 5.41 Å². The average Bonchev–Trinajstić information content (AvgIpc) is 2.54. The van der Waals surface area contributed by atoms with Crippen LogP contribution in [0.4, 0.5) is 5.69 Å². The monoisotopic (exact) mass is 270 g/mol. The zero-order valence-electron chi connectivity index (χ0n) is 12.4. The molecule has 0 saturated heterocycles. The molecule has 1 aliphatic rings. The van der Waals surface area contributed by atoms with E-state index in [4.69, 9.17) is 0 Å². The number of amides is 1. The maximum Gasteiger partial charge on any atom is 0.247 e. The molecule has 3 heteroatoms. The summed E-state index contributed by atoms with van der Waals surface area (Å²) in [4.78, 5) is 14.4. The van der Waals surface area contributed by atoms with Crippen LogP contribution in [0.25, 0.3) is 0 Å². The molecule has 1 amide bonds. The minimum atomic E-state index is -0.809. The molecule has 0 N–H and O–H groups in total. The van der Waals surface area contributed by atoms with Gasteiger partial charge in [-0.05, 0) is 37.0 Å². The fourth-order valence-corrected chi connectivity index (χ4v) is 2.92. The van der Waals surface area contributed by atoms with Gasteiger partial charge in [0.25, 0.3) is 0 Å². The Balaban J connectivity index is 2.20. The Morgan fingerprint density at radius 1 is 1.25 bits per heavy atom. The van der Waals surface area contributed by atoms with Crippen LogP contribution in [0.5, 0.6) is 0 Å². The maximum atomic E-state index is 12.7. The summed E-state index contributed by atoms with van der Waals surface area (Å²) in [6.45, 7) is 2.11. The summed E-state index contributed by atoms with van der Waals surface area (Å²) in [5.41, 5.74) is 1.31. The van der Waals surface area contributed by atoms with Crippen LogP contribution in [0.15, 0.2) is 24.3 Å². The average molecular weight is 270 g/mol. The lowest BCUT2D eigenvalue weighted by Gasteiger charge is -2.33. The zero-order valence-corrected chi connectivity index (χ0v) is 12.4. The molecular formula is C17H22N2O. The first-order valence-corrected chi connectivity index (χ1v) is 7.41. The van der Waals surface area contributed by atoms with Gasteiger partial charge in [0.15, 0.2) is 0 Å². The summed E-state index contributed by atoms with van der Waals surface area (Å²) in [7, 11) is 1.77. The SMILES string of the molecule is CCc1ccc(N(C)C(=O)C2(C#N)CCCCC2)cc1. The second-order valence-corrected chi connectivity index (χ2v) is 5.64. The van der Waals surface area contributed by atoms with E-state index in [1.165, 1.54) is 5.56 Å². The van der Waals surface area contributed by atoms with E-state index in [9.17, 15) is 10.1 Å². The molecule has 0 aliphatic heterocycles. The first kappa shape index (κ1) is 14.6. The Bertz CT molecular complexity index is 507. The van der Waals surface area contributed by atoms with Gasteiger partial charge in [0.05, 0.1) is 6.07 Å². The third-order valence-electron chi connectivity index (χ3n) is 4.37. The van der Waals surface area contributed by atoms with Gasteiger partial charge < -0.3 is 4.90 Å². The fourth-order valence-electron chi connectivity index (χ4n) is 2.92. The highest BCUT2D eigenvalue weighted by Crippen LogP contribution is 2.38. The third kappa shape index (κ3) is 2.70. The summed E-state index contributed by atoms with van der Waals surface area (Å²) >= 11 is 0. The lowest BCUT2D eigenvalue weighted by Crippen LogP contribution is -2.42. The van der Waals surface area contributed by atoms with E-state index >= 15 is 0 Å². The summed E-state index contributed by atoms with van der Waals surface area (Å²) in [6, 6.07) is 10.3. The van der Waals surface area contributed by atoms with E-state index in [2.05, 4.69) is 13.0 Å². The summed E-state index contributed by atoms with van der Waals surface area (Å²) in [5, 5.41) is 9.49. The first-order valence-electron chi connectivity index (χ1n) is 7.41. The van der Waals surface area contributed by atoms with E-state index in [0.29, 0.717) is 12.8 Å². The van der Waals surface area contributed by atoms with Gasteiger partial charge in [0, 0.05) is 12.7 Å². The van der Waals surface area contributed by atoms with Gasteiger partial charge in [-0.1, -0.05) is 38.3 Å². The summed E-state index contributed by atoms with van der Waals surface area (Å²) < 4.78 is 0. The molecule has 0 heterocycles. The van der Waals surface area contributed by atoms with Crippen LogP contribution < -0.4 is 4.90 Å². The number of nitrogens with zero attached hydrogens (tertiary/aromatic N) is 2. The van der Waals surface area contributed by atoms with Gasteiger partial charge >= 0.3 is 0 Å². The standard InChI is InChI=1S/C17H22N2O/c1-3-14-7-9-15(10-8-14)19(2)16(20)17(13-18)11-5-4-6-12-17/h7-10H,3-6,11-12H2,1-2H3. The second-order valence-electron chi connectivity index (χ2n) is 5.64. The van der Waals surface area contributed by atoms with E-state index in [1.54, 1.807) is 11.9 Å². The van der Waals surface area contributed by atoms with Crippen molar-refractivity contribution >= 4 is 11.6 Å². The summed E-state index contributed by atoms with van der Waals surface area (Å²) in [5.74, 6) is -0.0519. The van der Waals surface area contributed by atoms with Gasteiger partial charge in [-0.25, -0.2) is 0 Å². The smallest absolute Gasteiger partial charge is 0.247 e. The largest absolute Gasteiger partial charge is 0.314 e. The molecule has 106 valence electrons. The third-order valence-corrected chi connectivity index (χ3v) is 4.37. The number of hydrogen-bond donors (Lipinski definition) is 0. The number of benzene rings is 1. The van der Waals surface area contributed by atoms with Gasteiger partial charge in [0.2, 0.25) is 5.91 Å². The van der Waals surface area contributed by atoms with Crippen LogP contribution in [0, 0.1) is 16.7 Å². The Kier molecular flexibility index (Phi) is 4.44. The Morgan fingerprint density at radius 3 is 2.35 bits per heavy atom. The summed E-state index contributed by atoms with van der Waals surface area (Å²) in [6.07, 6.45) is 5.45. The van der Waals surface area contributed by atoms with Gasteiger partial charge in [-0.3, -0.25) is 4.79 Å². The van der Waals surface area contributed by atoms with Crippen LogP contribution in [0.2, 0.25) is 0 Å². The molecule has 0 bridgehead atoms. The van der Waals surface area contributed by atoms with Crippen molar-refractivity contribution in [2.45, 2.75) is 45.4 Å². The van der Waals surface area contributed by atoms with Crippen molar-refractivity contribution in [1.29, 1.82) is 5.26 Å². The Labute approximate surface area is 121 Å². The number of aryl methyl sites for hydroxylation is 1. The van der Waals surface area contributed by atoms with Crippen molar-refractivity contribution < 1.29 is 4.79 Å².